The molecular weight excluding hydrogens is 448 g/mol. The van der Waals surface area contributed by atoms with E-state index >= 15 is 0 Å². The van der Waals surface area contributed by atoms with Crippen molar-refractivity contribution < 1.29 is 14.6 Å². The summed E-state index contributed by atoms with van der Waals surface area (Å²) in [4.78, 5) is 24.3. The van der Waals surface area contributed by atoms with E-state index in [2.05, 4.69) is 49.1 Å². The van der Waals surface area contributed by atoms with Crippen LogP contribution in [0.4, 0.5) is 17.2 Å². The molecule has 4 rings (SSSR count). The second-order valence-corrected chi connectivity index (χ2v) is 7.50. The van der Waals surface area contributed by atoms with Crippen molar-refractivity contribution in [3.63, 3.8) is 0 Å². The highest BCUT2D eigenvalue weighted by Crippen LogP contribution is 2.29. The van der Waals surface area contributed by atoms with Crippen molar-refractivity contribution in [2.24, 2.45) is 12.0 Å². The highest BCUT2D eigenvalue weighted by atomic mass is 16.5. The molecule has 11 nitrogen and oxygen atoms in total. The fourth-order valence-corrected chi connectivity index (χ4v) is 3.17. The molecule has 11 heteroatoms. The lowest BCUT2D eigenvalue weighted by Gasteiger charge is -2.13. The third kappa shape index (κ3) is 5.30. The number of nitrogens with zero attached hydrogens (tertiary/aromatic N) is 6. The van der Waals surface area contributed by atoms with Gasteiger partial charge in [-0.1, -0.05) is 6.58 Å². The zero-order chi connectivity index (χ0) is 24.9. The average Bonchev–Trinajstić information content (AvgIpc) is 3.24. The monoisotopic (exact) mass is 470 g/mol. The van der Waals surface area contributed by atoms with Crippen molar-refractivity contribution in [1.29, 1.82) is 0 Å². The van der Waals surface area contributed by atoms with Crippen LogP contribution in [0.1, 0.15) is 11.4 Å². The largest absolute Gasteiger partial charge is 0.503 e. The minimum absolute atomic E-state index is 0.284. The Bertz CT molecular complexity index is 1470. The molecule has 0 spiro atoms. The number of ether oxygens (including phenoxy) is 1. The van der Waals surface area contributed by atoms with E-state index in [1.807, 2.05) is 26.1 Å². The molecule has 2 aromatic carbocycles. The maximum absolute atomic E-state index is 11.8. The predicted octanol–water partition coefficient (Wildman–Crippen LogP) is 3.90. The first kappa shape index (κ1) is 23.1. The molecule has 0 radical (unpaired) electrons. The standard InChI is InChI=1S/C24H22N8O3/c1-14-9-16(6-8-20(14)35-22(25-3)11-21-31-28-13-32(21)4)29-23-18-10-17(30-24(34)15(2)33)5-7-19(18)26-12-27-23/h5-13,33H,2-3H2,1,4H3,(H,30,34)(H,26,27,29)/b22-11+. The lowest BCUT2D eigenvalue weighted by atomic mass is 10.1. The van der Waals surface area contributed by atoms with Crippen LogP contribution < -0.4 is 15.4 Å². The van der Waals surface area contributed by atoms with Gasteiger partial charge in [-0.25, -0.2) is 15.0 Å². The molecule has 0 bridgehead atoms. The minimum atomic E-state index is -0.691. The van der Waals surface area contributed by atoms with Crippen LogP contribution in [0.2, 0.25) is 0 Å². The summed E-state index contributed by atoms with van der Waals surface area (Å²) in [5.74, 6) is 0.732. The number of nitrogens with one attached hydrogen (secondary N) is 2. The number of hydrogen-bond donors (Lipinski definition) is 3. The summed E-state index contributed by atoms with van der Waals surface area (Å²) in [7, 11) is 1.81. The molecule has 1 amide bonds. The number of aromatic nitrogens is 5. The second-order valence-electron chi connectivity index (χ2n) is 7.50. The topological polar surface area (TPSA) is 139 Å². The van der Waals surface area contributed by atoms with Gasteiger partial charge in [-0.15, -0.1) is 10.2 Å². The zero-order valence-electron chi connectivity index (χ0n) is 19.1. The Kier molecular flexibility index (Phi) is 6.49. The van der Waals surface area contributed by atoms with Gasteiger partial charge in [0.15, 0.2) is 11.6 Å². The molecule has 0 saturated carbocycles. The van der Waals surface area contributed by atoms with Crippen molar-refractivity contribution >= 4 is 46.8 Å². The third-order valence-electron chi connectivity index (χ3n) is 4.96. The summed E-state index contributed by atoms with van der Waals surface area (Å²) in [6.45, 7) is 8.69. The van der Waals surface area contributed by atoms with E-state index in [9.17, 15) is 9.90 Å². The number of aliphatic hydroxyl groups excluding tert-OH is 1. The summed E-state index contributed by atoms with van der Waals surface area (Å²) >= 11 is 0. The van der Waals surface area contributed by atoms with E-state index in [-0.39, 0.29) is 5.88 Å². The highest BCUT2D eigenvalue weighted by molar-refractivity contribution is 6.03. The Morgan fingerprint density at radius 3 is 2.69 bits per heavy atom. The first-order valence-corrected chi connectivity index (χ1v) is 10.4. The van der Waals surface area contributed by atoms with Gasteiger partial charge in [0.2, 0.25) is 5.88 Å². The fraction of sp³-hybridized carbons (Fsp3) is 0.0833. The molecule has 0 atom stereocenters. The van der Waals surface area contributed by atoms with Gasteiger partial charge in [-0.3, -0.25) is 4.79 Å². The average molecular weight is 470 g/mol. The number of anilines is 3. The second kappa shape index (κ2) is 9.83. The van der Waals surface area contributed by atoms with E-state index in [0.29, 0.717) is 34.0 Å². The maximum atomic E-state index is 11.8. The molecule has 0 saturated heterocycles. The number of aliphatic hydroxyl groups is 1. The molecule has 35 heavy (non-hydrogen) atoms. The number of rotatable bonds is 8. The molecule has 0 aliphatic heterocycles. The van der Waals surface area contributed by atoms with Gasteiger partial charge in [-0.05, 0) is 55.6 Å². The third-order valence-corrected chi connectivity index (χ3v) is 4.96. The molecule has 0 aliphatic rings. The van der Waals surface area contributed by atoms with E-state index in [0.717, 1.165) is 11.3 Å². The summed E-state index contributed by atoms with van der Waals surface area (Å²) in [6.07, 6.45) is 4.67. The highest BCUT2D eigenvalue weighted by Gasteiger charge is 2.11. The summed E-state index contributed by atoms with van der Waals surface area (Å²) in [6, 6.07) is 10.7. The summed E-state index contributed by atoms with van der Waals surface area (Å²) in [5, 5.41) is 23.6. The molecule has 2 heterocycles. The summed E-state index contributed by atoms with van der Waals surface area (Å²) < 4.78 is 7.63. The Labute approximate surface area is 200 Å². The number of hydrogen-bond acceptors (Lipinski definition) is 9. The number of fused-ring (bicyclic) bond motifs is 1. The van der Waals surface area contributed by atoms with E-state index < -0.39 is 11.7 Å². The van der Waals surface area contributed by atoms with Crippen LogP contribution in [-0.2, 0) is 11.8 Å². The van der Waals surface area contributed by atoms with Crippen molar-refractivity contribution in [3.8, 4) is 5.75 Å². The van der Waals surface area contributed by atoms with Gasteiger partial charge < -0.3 is 25.0 Å². The quantitative estimate of drug-likeness (QED) is 0.200. The van der Waals surface area contributed by atoms with Crippen LogP contribution in [-0.4, -0.2) is 42.5 Å². The van der Waals surface area contributed by atoms with Gasteiger partial charge in [0.1, 0.15) is 24.2 Å². The molecule has 0 aliphatic carbocycles. The number of benzene rings is 2. The van der Waals surface area contributed by atoms with Gasteiger partial charge in [0, 0.05) is 29.9 Å². The van der Waals surface area contributed by atoms with Crippen LogP contribution in [0, 0.1) is 6.92 Å². The summed E-state index contributed by atoms with van der Waals surface area (Å²) in [5.41, 5.74) is 2.75. The fourth-order valence-electron chi connectivity index (χ4n) is 3.17. The maximum Gasteiger partial charge on any atom is 0.289 e. The number of amides is 1. The molecule has 2 aromatic heterocycles. The lowest BCUT2D eigenvalue weighted by molar-refractivity contribution is -0.115. The first-order valence-electron chi connectivity index (χ1n) is 10.4. The molecule has 0 fully saturated rings. The first-order chi connectivity index (χ1) is 16.8. The Morgan fingerprint density at radius 2 is 2.00 bits per heavy atom. The van der Waals surface area contributed by atoms with Crippen LogP contribution in [0.15, 0.2) is 72.3 Å². The minimum Gasteiger partial charge on any atom is -0.503 e. The number of carbonyl (C=O) groups excluding carboxylic acids is 1. The van der Waals surface area contributed by atoms with Gasteiger partial charge >= 0.3 is 0 Å². The predicted molar refractivity (Wildman–Crippen MR) is 134 cm³/mol. The van der Waals surface area contributed by atoms with Crippen molar-refractivity contribution in [3.05, 3.63) is 78.7 Å². The van der Waals surface area contributed by atoms with Crippen LogP contribution in [0.5, 0.6) is 5.75 Å². The Hall–Kier alpha value is -5.06. The smallest absolute Gasteiger partial charge is 0.289 e. The van der Waals surface area contributed by atoms with E-state index in [1.165, 1.54) is 6.33 Å². The number of carbonyl (C=O) groups is 1. The van der Waals surface area contributed by atoms with Gasteiger partial charge in [0.05, 0.1) is 5.52 Å². The molecular formula is C24H22N8O3. The lowest BCUT2D eigenvalue weighted by Crippen LogP contribution is -2.13. The molecule has 176 valence electrons. The van der Waals surface area contributed by atoms with Crippen LogP contribution >= 0.6 is 0 Å². The molecule has 0 unspecified atom stereocenters. The Balaban J connectivity index is 1.57. The molecule has 3 N–H and O–H groups in total. The van der Waals surface area contributed by atoms with Crippen LogP contribution in [0.25, 0.3) is 17.0 Å². The number of aryl methyl sites for hydroxylation is 2. The normalized spacial score (nSPS) is 11.2. The van der Waals surface area contributed by atoms with Crippen molar-refractivity contribution in [1.82, 2.24) is 24.7 Å². The van der Waals surface area contributed by atoms with Crippen molar-refractivity contribution in [2.45, 2.75) is 6.92 Å². The number of aliphatic imine (C=N–C) groups is 1. The van der Waals surface area contributed by atoms with Crippen molar-refractivity contribution in [2.75, 3.05) is 10.6 Å². The Morgan fingerprint density at radius 1 is 1.20 bits per heavy atom. The SMILES string of the molecule is C=N/C(=C\c1nncn1C)Oc1ccc(Nc2ncnc3ccc(NC(=O)C(=C)O)cc23)cc1C. The molecule has 4 aromatic rings. The van der Waals surface area contributed by atoms with E-state index in [1.54, 1.807) is 41.2 Å². The van der Waals surface area contributed by atoms with Crippen LogP contribution in [0.3, 0.4) is 0 Å². The zero-order valence-corrected chi connectivity index (χ0v) is 19.1. The van der Waals surface area contributed by atoms with Gasteiger partial charge in [0.25, 0.3) is 5.91 Å². The van der Waals surface area contributed by atoms with Gasteiger partial charge in [-0.2, -0.15) is 0 Å². The van der Waals surface area contributed by atoms with E-state index in [4.69, 9.17) is 4.74 Å².